The number of sulfone groups is 1. The predicted molar refractivity (Wildman–Crippen MR) is 52.2 cm³/mol. The molecule has 1 N–H and O–H groups in total. The van der Waals surface area contributed by atoms with Gasteiger partial charge in [-0.25, -0.2) is 8.42 Å². The molecule has 0 aliphatic rings. The van der Waals surface area contributed by atoms with Gasteiger partial charge in [0.05, 0.1) is 5.75 Å². The lowest BCUT2D eigenvalue weighted by molar-refractivity contribution is -0.118. The van der Waals surface area contributed by atoms with Gasteiger partial charge in [0.1, 0.15) is 5.75 Å². The Kier molecular flexibility index (Phi) is 5.37. The lowest BCUT2D eigenvalue weighted by atomic mass is 10.5. The summed E-state index contributed by atoms with van der Waals surface area (Å²) in [5.41, 5.74) is 0. The number of amides is 1. The number of hydrogen-bond acceptors (Lipinski definition) is 3. The Hall–Kier alpha value is -0.840. The summed E-state index contributed by atoms with van der Waals surface area (Å²) in [5.74, 6) is -1.03. The van der Waals surface area contributed by atoms with Crippen molar-refractivity contribution in [2.45, 2.75) is 13.3 Å². The third-order valence-corrected chi connectivity index (χ3v) is 2.74. The Morgan fingerprint density at radius 2 is 2.15 bits per heavy atom. The van der Waals surface area contributed by atoms with Crippen LogP contribution in [0.15, 0.2) is 12.7 Å². The number of carbonyl (C=O) groups excluding carboxylic acids is 1. The number of rotatable bonds is 6. The summed E-state index contributed by atoms with van der Waals surface area (Å²) in [6.07, 6.45) is 2.08. The van der Waals surface area contributed by atoms with Crippen molar-refractivity contribution in [2.24, 2.45) is 0 Å². The van der Waals surface area contributed by atoms with Gasteiger partial charge < -0.3 is 5.32 Å². The second-order valence-corrected chi connectivity index (χ2v) is 4.80. The van der Waals surface area contributed by atoms with Gasteiger partial charge in [-0.3, -0.25) is 4.79 Å². The van der Waals surface area contributed by atoms with Crippen molar-refractivity contribution in [1.29, 1.82) is 0 Å². The molecule has 0 saturated carbocycles. The van der Waals surface area contributed by atoms with E-state index in [1.807, 2.05) is 6.92 Å². The molecule has 4 nitrogen and oxygen atoms in total. The average molecular weight is 205 g/mol. The van der Waals surface area contributed by atoms with Gasteiger partial charge in [0.25, 0.3) is 0 Å². The van der Waals surface area contributed by atoms with E-state index in [0.717, 1.165) is 6.42 Å². The normalized spacial score (nSPS) is 10.8. The minimum absolute atomic E-state index is 0.146. The molecule has 0 fully saturated rings. The minimum atomic E-state index is -3.29. The molecule has 0 heterocycles. The van der Waals surface area contributed by atoms with Gasteiger partial charge in [0, 0.05) is 6.54 Å². The fraction of sp³-hybridized carbons (Fsp3) is 0.625. The van der Waals surface area contributed by atoms with Gasteiger partial charge in [-0.05, 0) is 6.42 Å². The van der Waals surface area contributed by atoms with Gasteiger partial charge in [-0.1, -0.05) is 13.0 Å². The monoisotopic (exact) mass is 205 g/mol. The second kappa shape index (κ2) is 5.75. The molecular weight excluding hydrogens is 190 g/mol. The SMILES string of the molecule is C=CCS(=O)(=O)CC(=O)NCCC. The maximum absolute atomic E-state index is 11.1. The Bertz CT molecular complexity index is 269. The molecule has 0 bridgehead atoms. The quantitative estimate of drug-likeness (QED) is 0.626. The molecule has 0 atom stereocenters. The van der Waals surface area contributed by atoms with E-state index >= 15 is 0 Å². The van der Waals surface area contributed by atoms with Gasteiger partial charge in [0.15, 0.2) is 9.84 Å². The summed E-state index contributed by atoms with van der Waals surface area (Å²) in [5, 5.41) is 2.49. The van der Waals surface area contributed by atoms with Crippen LogP contribution in [0.4, 0.5) is 0 Å². The van der Waals surface area contributed by atoms with Crippen molar-refractivity contribution in [3.63, 3.8) is 0 Å². The molecule has 1 amide bonds. The minimum Gasteiger partial charge on any atom is -0.355 e. The molecule has 0 radical (unpaired) electrons. The number of hydrogen-bond donors (Lipinski definition) is 1. The third-order valence-electron chi connectivity index (χ3n) is 1.29. The fourth-order valence-corrected chi connectivity index (χ4v) is 1.73. The molecule has 76 valence electrons. The highest BCUT2D eigenvalue weighted by atomic mass is 32.2. The van der Waals surface area contributed by atoms with Crippen LogP contribution in [0.2, 0.25) is 0 Å². The van der Waals surface area contributed by atoms with E-state index in [4.69, 9.17) is 0 Å². The smallest absolute Gasteiger partial charge is 0.235 e. The Balaban J connectivity index is 3.97. The van der Waals surface area contributed by atoms with Gasteiger partial charge in [0.2, 0.25) is 5.91 Å². The lowest BCUT2D eigenvalue weighted by Gasteiger charge is -2.02. The maximum atomic E-state index is 11.1. The predicted octanol–water partition coefficient (Wildman–Crippen LogP) is 0.113. The Labute approximate surface area is 78.9 Å². The van der Waals surface area contributed by atoms with Crippen LogP contribution in [0.5, 0.6) is 0 Å². The van der Waals surface area contributed by atoms with E-state index in [2.05, 4.69) is 11.9 Å². The zero-order valence-corrected chi connectivity index (χ0v) is 8.56. The van der Waals surface area contributed by atoms with E-state index < -0.39 is 21.5 Å². The van der Waals surface area contributed by atoms with Gasteiger partial charge in [-0.2, -0.15) is 0 Å². The molecule has 0 aliphatic heterocycles. The molecule has 0 aromatic rings. The van der Waals surface area contributed by atoms with Crippen molar-refractivity contribution >= 4 is 15.7 Å². The summed E-state index contributed by atoms with van der Waals surface area (Å²) in [6.45, 7) is 5.72. The zero-order valence-electron chi connectivity index (χ0n) is 7.75. The van der Waals surface area contributed by atoms with E-state index in [0.29, 0.717) is 6.54 Å². The molecule has 0 rings (SSSR count). The van der Waals surface area contributed by atoms with Crippen LogP contribution in [0, 0.1) is 0 Å². The van der Waals surface area contributed by atoms with Crippen molar-refractivity contribution < 1.29 is 13.2 Å². The largest absolute Gasteiger partial charge is 0.355 e. The Morgan fingerprint density at radius 1 is 1.54 bits per heavy atom. The number of carbonyl (C=O) groups is 1. The molecule has 0 aliphatic carbocycles. The molecule has 13 heavy (non-hydrogen) atoms. The summed E-state index contributed by atoms with van der Waals surface area (Å²) in [7, 11) is -3.29. The van der Waals surface area contributed by atoms with Crippen molar-refractivity contribution in [3.8, 4) is 0 Å². The van der Waals surface area contributed by atoms with Crippen molar-refractivity contribution in [1.82, 2.24) is 5.32 Å². The summed E-state index contributed by atoms with van der Waals surface area (Å²) < 4.78 is 22.1. The third kappa shape index (κ3) is 6.33. The van der Waals surface area contributed by atoms with Crippen LogP contribution in [0.1, 0.15) is 13.3 Å². The summed E-state index contributed by atoms with van der Waals surface area (Å²) in [6, 6.07) is 0. The first-order chi connectivity index (χ1) is 6.02. The highest BCUT2D eigenvalue weighted by molar-refractivity contribution is 7.92. The first-order valence-corrected chi connectivity index (χ1v) is 5.92. The molecule has 0 aromatic heterocycles. The van der Waals surface area contributed by atoms with Crippen LogP contribution >= 0.6 is 0 Å². The molecule has 0 spiro atoms. The fourth-order valence-electron chi connectivity index (χ4n) is 0.754. The maximum Gasteiger partial charge on any atom is 0.235 e. The number of nitrogens with one attached hydrogen (secondary N) is 1. The van der Waals surface area contributed by atoms with Crippen LogP contribution in [-0.2, 0) is 14.6 Å². The second-order valence-electron chi connectivity index (χ2n) is 2.69. The van der Waals surface area contributed by atoms with Crippen molar-refractivity contribution in [3.05, 3.63) is 12.7 Å². The van der Waals surface area contributed by atoms with Gasteiger partial charge >= 0.3 is 0 Å². The molecular formula is C8H15NO3S. The molecule has 0 unspecified atom stereocenters. The average Bonchev–Trinajstić information content (AvgIpc) is 1.99. The highest BCUT2D eigenvalue weighted by Gasteiger charge is 2.13. The van der Waals surface area contributed by atoms with Crippen LogP contribution in [-0.4, -0.2) is 32.4 Å². The van der Waals surface area contributed by atoms with Crippen LogP contribution < -0.4 is 5.32 Å². The molecule has 5 heteroatoms. The van der Waals surface area contributed by atoms with E-state index in [1.165, 1.54) is 6.08 Å². The first-order valence-electron chi connectivity index (χ1n) is 4.10. The zero-order chi connectivity index (χ0) is 10.3. The van der Waals surface area contributed by atoms with Crippen LogP contribution in [0.25, 0.3) is 0 Å². The molecule has 0 saturated heterocycles. The summed E-state index contributed by atoms with van der Waals surface area (Å²) in [4.78, 5) is 11.0. The first kappa shape index (κ1) is 12.2. The van der Waals surface area contributed by atoms with E-state index in [9.17, 15) is 13.2 Å². The van der Waals surface area contributed by atoms with Gasteiger partial charge in [-0.15, -0.1) is 6.58 Å². The van der Waals surface area contributed by atoms with E-state index in [1.54, 1.807) is 0 Å². The molecule has 0 aromatic carbocycles. The summed E-state index contributed by atoms with van der Waals surface area (Å²) >= 11 is 0. The highest BCUT2D eigenvalue weighted by Crippen LogP contribution is 1.90. The topological polar surface area (TPSA) is 63.2 Å². The lowest BCUT2D eigenvalue weighted by Crippen LogP contribution is -2.31. The van der Waals surface area contributed by atoms with Crippen molar-refractivity contribution in [2.75, 3.05) is 18.1 Å². The standard InChI is InChI=1S/C8H15NO3S/c1-3-5-9-8(10)7-13(11,12)6-4-2/h4H,2-3,5-7H2,1H3,(H,9,10). The van der Waals surface area contributed by atoms with E-state index in [-0.39, 0.29) is 5.75 Å². The Morgan fingerprint density at radius 3 is 2.62 bits per heavy atom. The van der Waals surface area contributed by atoms with Crippen LogP contribution in [0.3, 0.4) is 0 Å².